The van der Waals surface area contributed by atoms with E-state index in [4.69, 9.17) is 14.3 Å². The molecular weight excluding hydrogens is 245 g/mol. The second-order valence-electron chi connectivity index (χ2n) is 2.89. The van der Waals surface area contributed by atoms with Gasteiger partial charge in [0.05, 0.1) is 18.2 Å². The molecule has 1 aromatic rings. The van der Waals surface area contributed by atoms with E-state index < -0.39 is 6.80 Å². The maximum Gasteiger partial charge on any atom is 0.388 e. The Hall–Kier alpha value is -0.790. The van der Waals surface area contributed by atoms with Gasteiger partial charge in [-0.1, -0.05) is 12.1 Å². The van der Waals surface area contributed by atoms with Crippen LogP contribution in [-0.4, -0.2) is 13.4 Å². The molecule has 1 aromatic carbocycles. The Morgan fingerprint density at radius 2 is 2.06 bits per heavy atom. The predicted molar refractivity (Wildman–Crippen MR) is 64.1 cm³/mol. The maximum absolute atomic E-state index is 11.7. The summed E-state index contributed by atoms with van der Waals surface area (Å²) < 4.78 is 21.7. The van der Waals surface area contributed by atoms with Crippen molar-refractivity contribution < 1.29 is 13.6 Å². The van der Waals surface area contributed by atoms with E-state index in [9.17, 15) is 4.57 Å². The third-order valence-corrected chi connectivity index (χ3v) is 5.36. The molecule has 0 amide bonds. The second kappa shape index (κ2) is 6.07. The quantitative estimate of drug-likeness (QED) is 0.758. The van der Waals surface area contributed by atoms with Gasteiger partial charge in [0, 0.05) is 7.11 Å². The van der Waals surface area contributed by atoms with Crippen LogP contribution in [0.15, 0.2) is 24.3 Å². The summed E-state index contributed by atoms with van der Waals surface area (Å²) in [5.74, 6) is 0. The van der Waals surface area contributed by atoms with Crippen LogP contribution in [0.1, 0.15) is 11.1 Å². The van der Waals surface area contributed by atoms with Crippen molar-refractivity contribution in [1.29, 1.82) is 5.26 Å². The van der Waals surface area contributed by atoms with E-state index >= 15 is 0 Å². The molecule has 1 rings (SSSR count). The highest BCUT2D eigenvalue weighted by atomic mass is 32.7. The van der Waals surface area contributed by atoms with Crippen molar-refractivity contribution in [1.82, 2.24) is 0 Å². The molecule has 0 aliphatic rings. The molecule has 0 aliphatic heterocycles. The number of benzene rings is 1. The molecule has 1 atom stereocenters. The smallest absolute Gasteiger partial charge is 0.304 e. The molecule has 86 valence electrons. The summed E-state index contributed by atoms with van der Waals surface area (Å²) in [4.78, 5) is 0. The van der Waals surface area contributed by atoms with Gasteiger partial charge >= 0.3 is 6.80 Å². The minimum Gasteiger partial charge on any atom is -0.304 e. The molecule has 0 radical (unpaired) electrons. The summed E-state index contributed by atoms with van der Waals surface area (Å²) in [5.41, 5.74) is 1.44. The molecule has 16 heavy (non-hydrogen) atoms. The Morgan fingerprint density at radius 1 is 1.44 bits per heavy atom. The average molecular weight is 257 g/mol. The van der Waals surface area contributed by atoms with E-state index in [0.717, 1.165) is 16.9 Å². The Bertz CT molecular complexity index is 419. The SMILES string of the molecule is COP(=O)(OCc1ccc(C#N)cc1)SC. The topological polar surface area (TPSA) is 59.3 Å². The zero-order valence-electron chi connectivity index (χ0n) is 9.04. The third kappa shape index (κ3) is 3.66. The average Bonchev–Trinajstić information content (AvgIpc) is 2.36. The molecule has 0 aromatic heterocycles. The largest absolute Gasteiger partial charge is 0.388 e. The van der Waals surface area contributed by atoms with Gasteiger partial charge in [0.25, 0.3) is 0 Å². The summed E-state index contributed by atoms with van der Waals surface area (Å²) in [6, 6.07) is 8.93. The van der Waals surface area contributed by atoms with Crippen LogP contribution in [0.5, 0.6) is 0 Å². The number of nitriles is 1. The van der Waals surface area contributed by atoms with Gasteiger partial charge < -0.3 is 4.52 Å². The summed E-state index contributed by atoms with van der Waals surface area (Å²) in [5, 5.41) is 8.61. The molecule has 6 heteroatoms. The van der Waals surface area contributed by atoms with Gasteiger partial charge in [-0.25, -0.2) is 4.57 Å². The number of hydrogen-bond acceptors (Lipinski definition) is 5. The molecule has 0 spiro atoms. The van der Waals surface area contributed by atoms with Gasteiger partial charge in [0.1, 0.15) is 0 Å². The molecule has 4 nitrogen and oxygen atoms in total. The first-order valence-electron chi connectivity index (χ1n) is 4.48. The Balaban J connectivity index is 2.61. The van der Waals surface area contributed by atoms with Crippen molar-refractivity contribution in [2.24, 2.45) is 0 Å². The van der Waals surface area contributed by atoms with Crippen LogP contribution in [0.4, 0.5) is 0 Å². The molecule has 0 heterocycles. The van der Waals surface area contributed by atoms with E-state index in [-0.39, 0.29) is 6.61 Å². The number of rotatable bonds is 5. The highest BCUT2D eigenvalue weighted by Crippen LogP contribution is 2.58. The normalized spacial score (nSPS) is 14.1. The monoisotopic (exact) mass is 257 g/mol. The van der Waals surface area contributed by atoms with Gasteiger partial charge in [-0.2, -0.15) is 5.26 Å². The van der Waals surface area contributed by atoms with Crippen molar-refractivity contribution in [3.63, 3.8) is 0 Å². The molecule has 0 fully saturated rings. The lowest BCUT2D eigenvalue weighted by Gasteiger charge is -2.12. The van der Waals surface area contributed by atoms with Crippen LogP contribution >= 0.6 is 18.2 Å². The first-order chi connectivity index (χ1) is 7.63. The van der Waals surface area contributed by atoms with E-state index in [0.29, 0.717) is 5.56 Å². The number of nitrogens with zero attached hydrogens (tertiary/aromatic N) is 1. The van der Waals surface area contributed by atoms with E-state index in [1.165, 1.54) is 7.11 Å². The van der Waals surface area contributed by atoms with E-state index in [1.807, 2.05) is 6.07 Å². The standard InChI is InChI=1S/C10H12NO3PS/c1-13-15(12,16-2)14-8-10-5-3-9(7-11)4-6-10/h3-6H,8H2,1-2H3. The molecule has 0 N–H and O–H groups in total. The predicted octanol–water partition coefficient (Wildman–Crippen LogP) is 3.19. The Morgan fingerprint density at radius 3 is 2.50 bits per heavy atom. The molecular formula is C10H12NO3PS. The molecule has 0 saturated heterocycles. The highest BCUT2D eigenvalue weighted by molar-refractivity contribution is 8.54. The maximum atomic E-state index is 11.7. The molecule has 0 saturated carbocycles. The molecule has 0 bridgehead atoms. The van der Waals surface area contributed by atoms with Crippen LogP contribution in [0.3, 0.4) is 0 Å². The lowest BCUT2D eigenvalue weighted by Crippen LogP contribution is -1.91. The fourth-order valence-electron chi connectivity index (χ4n) is 1.01. The fraction of sp³-hybridized carbons (Fsp3) is 0.300. The van der Waals surface area contributed by atoms with E-state index in [1.54, 1.807) is 30.5 Å². The summed E-state index contributed by atoms with van der Waals surface area (Å²) >= 11 is 1.06. The summed E-state index contributed by atoms with van der Waals surface area (Å²) in [6.45, 7) is -2.81. The Labute approximate surface area is 98.8 Å². The minimum absolute atomic E-state index is 0.206. The highest BCUT2D eigenvalue weighted by Gasteiger charge is 2.20. The van der Waals surface area contributed by atoms with Crippen LogP contribution < -0.4 is 0 Å². The van der Waals surface area contributed by atoms with Crippen LogP contribution in [0, 0.1) is 11.3 Å². The van der Waals surface area contributed by atoms with Crippen LogP contribution in [0.25, 0.3) is 0 Å². The van der Waals surface area contributed by atoms with Crippen molar-refractivity contribution in [3.8, 4) is 6.07 Å². The summed E-state index contributed by atoms with van der Waals surface area (Å²) in [7, 11) is 1.36. The van der Waals surface area contributed by atoms with Crippen LogP contribution in [0.2, 0.25) is 0 Å². The van der Waals surface area contributed by atoms with Gasteiger partial charge in [0.15, 0.2) is 0 Å². The van der Waals surface area contributed by atoms with E-state index in [2.05, 4.69) is 0 Å². The van der Waals surface area contributed by atoms with Crippen molar-refractivity contribution in [3.05, 3.63) is 35.4 Å². The van der Waals surface area contributed by atoms with Crippen molar-refractivity contribution >= 4 is 18.2 Å². The zero-order chi connectivity index (χ0) is 12.0. The fourth-order valence-corrected chi connectivity index (χ4v) is 2.60. The lowest BCUT2D eigenvalue weighted by molar-refractivity contribution is 0.242. The first-order valence-corrected chi connectivity index (χ1v) is 7.86. The zero-order valence-corrected chi connectivity index (χ0v) is 10.8. The molecule has 0 aliphatic carbocycles. The lowest BCUT2D eigenvalue weighted by atomic mass is 10.2. The van der Waals surface area contributed by atoms with Gasteiger partial charge in [-0.15, -0.1) is 0 Å². The first kappa shape index (κ1) is 13.3. The second-order valence-corrected chi connectivity index (χ2v) is 7.21. The molecule has 1 unspecified atom stereocenters. The van der Waals surface area contributed by atoms with Crippen molar-refractivity contribution in [2.75, 3.05) is 13.4 Å². The van der Waals surface area contributed by atoms with Crippen molar-refractivity contribution in [2.45, 2.75) is 6.61 Å². The number of hydrogen-bond donors (Lipinski definition) is 0. The minimum atomic E-state index is -3.01. The van der Waals surface area contributed by atoms with Crippen LogP contribution in [-0.2, 0) is 20.2 Å². The summed E-state index contributed by atoms with van der Waals surface area (Å²) in [6.07, 6.45) is 1.67. The van der Waals surface area contributed by atoms with Gasteiger partial charge in [-0.05, 0) is 35.3 Å². The Kier molecular flexibility index (Phi) is 5.04. The third-order valence-electron chi connectivity index (χ3n) is 1.92. The van der Waals surface area contributed by atoms with Gasteiger partial charge in [-0.3, -0.25) is 4.52 Å². The van der Waals surface area contributed by atoms with Gasteiger partial charge in [0.2, 0.25) is 0 Å².